The fourth-order valence-electron chi connectivity index (χ4n) is 2.16. The number of para-hydroxylation sites is 1. The summed E-state index contributed by atoms with van der Waals surface area (Å²) < 4.78 is 16.9. The summed E-state index contributed by atoms with van der Waals surface area (Å²) in [6.45, 7) is 2.04. The Labute approximate surface area is 113 Å². The molecule has 0 aromatic heterocycles. The molecule has 106 valence electrons. The molecular formula is C14H21NO4. The van der Waals surface area contributed by atoms with Crippen LogP contribution in [0.5, 0.6) is 11.5 Å². The molecule has 0 radical (unpaired) electrons. The van der Waals surface area contributed by atoms with Crippen molar-refractivity contribution in [3.8, 4) is 11.5 Å². The average molecular weight is 267 g/mol. The second-order valence-corrected chi connectivity index (χ2v) is 4.43. The van der Waals surface area contributed by atoms with Gasteiger partial charge in [-0.3, -0.25) is 0 Å². The lowest BCUT2D eigenvalue weighted by molar-refractivity contribution is 0.00632. The number of nitrogens with one attached hydrogen (secondary N) is 1. The summed E-state index contributed by atoms with van der Waals surface area (Å²) in [7, 11) is 3.24. The molecule has 19 heavy (non-hydrogen) atoms. The van der Waals surface area contributed by atoms with Crippen LogP contribution >= 0.6 is 0 Å². The number of methoxy groups -OCH3 is 1. The predicted octanol–water partition coefficient (Wildman–Crippen LogP) is 1.90. The lowest BCUT2D eigenvalue weighted by atomic mass is 10.1. The van der Waals surface area contributed by atoms with Crippen LogP contribution in [0.3, 0.4) is 0 Å². The van der Waals surface area contributed by atoms with Crippen LogP contribution in [0.15, 0.2) is 18.2 Å². The van der Waals surface area contributed by atoms with Crippen molar-refractivity contribution < 1.29 is 19.0 Å². The molecule has 0 aliphatic carbocycles. The number of rotatable bonds is 6. The third-order valence-corrected chi connectivity index (χ3v) is 3.08. The Morgan fingerprint density at radius 1 is 1.37 bits per heavy atom. The van der Waals surface area contributed by atoms with Crippen molar-refractivity contribution >= 4 is 0 Å². The van der Waals surface area contributed by atoms with Crippen molar-refractivity contribution in [2.75, 3.05) is 27.4 Å². The monoisotopic (exact) mass is 267 g/mol. The van der Waals surface area contributed by atoms with E-state index >= 15 is 0 Å². The van der Waals surface area contributed by atoms with Crippen molar-refractivity contribution in [1.82, 2.24) is 5.48 Å². The second kappa shape index (κ2) is 7.33. The highest BCUT2D eigenvalue weighted by atomic mass is 16.6. The highest BCUT2D eigenvalue weighted by Crippen LogP contribution is 2.32. The lowest BCUT2D eigenvalue weighted by Crippen LogP contribution is -2.28. The van der Waals surface area contributed by atoms with Crippen molar-refractivity contribution in [1.29, 1.82) is 0 Å². The van der Waals surface area contributed by atoms with Crippen LogP contribution < -0.4 is 15.0 Å². The zero-order chi connectivity index (χ0) is 13.5. The second-order valence-electron chi connectivity index (χ2n) is 4.43. The molecule has 0 spiro atoms. The van der Waals surface area contributed by atoms with Gasteiger partial charge in [-0.05, 0) is 18.9 Å². The minimum absolute atomic E-state index is 0.105. The summed E-state index contributed by atoms with van der Waals surface area (Å²) in [4.78, 5) is 4.87. The predicted molar refractivity (Wildman–Crippen MR) is 71.3 cm³/mol. The highest BCUT2D eigenvalue weighted by Gasteiger charge is 2.18. The van der Waals surface area contributed by atoms with Gasteiger partial charge in [0.2, 0.25) is 0 Å². The Kier molecular flexibility index (Phi) is 5.44. The summed E-state index contributed by atoms with van der Waals surface area (Å²) in [6.07, 6.45) is 2.16. The zero-order valence-electron chi connectivity index (χ0n) is 11.5. The van der Waals surface area contributed by atoms with E-state index in [0.29, 0.717) is 13.2 Å². The molecule has 5 heteroatoms. The topological polar surface area (TPSA) is 49.0 Å². The zero-order valence-corrected chi connectivity index (χ0v) is 11.5. The van der Waals surface area contributed by atoms with Crippen molar-refractivity contribution in [2.24, 2.45) is 0 Å². The van der Waals surface area contributed by atoms with Gasteiger partial charge in [0.15, 0.2) is 11.5 Å². The highest BCUT2D eigenvalue weighted by molar-refractivity contribution is 5.46. The molecule has 1 aromatic rings. The molecule has 1 N–H and O–H groups in total. The number of ether oxygens (including phenoxy) is 3. The van der Waals surface area contributed by atoms with E-state index in [1.165, 1.54) is 0 Å². The van der Waals surface area contributed by atoms with Crippen molar-refractivity contribution in [3.63, 3.8) is 0 Å². The molecule has 1 heterocycles. The molecule has 0 saturated carbocycles. The molecule has 1 aromatic carbocycles. The summed E-state index contributed by atoms with van der Waals surface area (Å²) in [5, 5.41) is 0. The van der Waals surface area contributed by atoms with Crippen LogP contribution in [0.4, 0.5) is 0 Å². The van der Waals surface area contributed by atoms with Gasteiger partial charge in [-0.1, -0.05) is 12.1 Å². The Morgan fingerprint density at radius 2 is 2.26 bits per heavy atom. The maximum atomic E-state index is 5.98. The molecule has 5 nitrogen and oxygen atoms in total. The normalized spacial score (nSPS) is 19.2. The van der Waals surface area contributed by atoms with Crippen molar-refractivity contribution in [3.05, 3.63) is 23.8 Å². The summed E-state index contributed by atoms with van der Waals surface area (Å²) >= 11 is 0. The van der Waals surface area contributed by atoms with E-state index in [-0.39, 0.29) is 6.10 Å². The van der Waals surface area contributed by atoms with E-state index in [9.17, 15) is 0 Å². The van der Waals surface area contributed by atoms with Crippen LogP contribution in [0.2, 0.25) is 0 Å². The first-order valence-corrected chi connectivity index (χ1v) is 6.51. The minimum Gasteiger partial charge on any atom is -0.493 e. The van der Waals surface area contributed by atoms with E-state index in [1.807, 2.05) is 18.2 Å². The molecule has 1 unspecified atom stereocenters. The summed E-state index contributed by atoms with van der Waals surface area (Å²) in [6, 6.07) is 5.85. The van der Waals surface area contributed by atoms with Crippen LogP contribution in [-0.2, 0) is 16.1 Å². The first kappa shape index (κ1) is 14.1. The first-order chi connectivity index (χ1) is 9.35. The molecule has 1 aliphatic rings. The van der Waals surface area contributed by atoms with E-state index in [2.05, 4.69) is 5.48 Å². The number of benzene rings is 1. The smallest absolute Gasteiger partial charge is 0.165 e. The Hall–Kier alpha value is -1.30. The molecular weight excluding hydrogens is 246 g/mol. The third-order valence-electron chi connectivity index (χ3n) is 3.08. The van der Waals surface area contributed by atoms with Gasteiger partial charge in [0, 0.05) is 18.7 Å². The SMILES string of the molecule is CONCc1cccc(OC2CCCOC2)c1OC. The molecule has 1 fully saturated rings. The first-order valence-electron chi connectivity index (χ1n) is 6.51. The summed E-state index contributed by atoms with van der Waals surface area (Å²) in [5.74, 6) is 1.51. The van der Waals surface area contributed by atoms with E-state index in [1.54, 1.807) is 14.2 Å². The molecule has 1 saturated heterocycles. The van der Waals surface area contributed by atoms with Crippen LogP contribution in [0.25, 0.3) is 0 Å². The van der Waals surface area contributed by atoms with Crippen molar-refractivity contribution in [2.45, 2.75) is 25.5 Å². The van der Waals surface area contributed by atoms with E-state index < -0.39 is 0 Å². The van der Waals surface area contributed by atoms with Gasteiger partial charge < -0.3 is 19.0 Å². The number of hydrogen-bond acceptors (Lipinski definition) is 5. The van der Waals surface area contributed by atoms with Gasteiger partial charge in [0.05, 0.1) is 20.8 Å². The van der Waals surface area contributed by atoms with Gasteiger partial charge in [0.1, 0.15) is 6.10 Å². The Balaban J connectivity index is 2.09. The van der Waals surface area contributed by atoms with Gasteiger partial charge in [0.25, 0.3) is 0 Å². The molecule has 1 aliphatic heterocycles. The third kappa shape index (κ3) is 3.83. The average Bonchev–Trinajstić information content (AvgIpc) is 2.46. The van der Waals surface area contributed by atoms with E-state index in [0.717, 1.165) is 36.5 Å². The van der Waals surface area contributed by atoms with Gasteiger partial charge in [-0.25, -0.2) is 0 Å². The molecule has 2 rings (SSSR count). The molecule has 0 amide bonds. The van der Waals surface area contributed by atoms with Crippen LogP contribution in [0, 0.1) is 0 Å². The van der Waals surface area contributed by atoms with Crippen LogP contribution in [-0.4, -0.2) is 33.5 Å². The maximum absolute atomic E-state index is 5.98. The quantitative estimate of drug-likeness (QED) is 0.798. The Morgan fingerprint density at radius 3 is 2.95 bits per heavy atom. The number of hydrogen-bond donors (Lipinski definition) is 1. The summed E-state index contributed by atoms with van der Waals surface area (Å²) in [5.41, 5.74) is 3.81. The lowest BCUT2D eigenvalue weighted by Gasteiger charge is -2.24. The largest absolute Gasteiger partial charge is 0.493 e. The van der Waals surface area contributed by atoms with Gasteiger partial charge in [-0.2, -0.15) is 5.48 Å². The molecule has 0 bridgehead atoms. The standard InChI is InChI=1S/C14H21NO4/c1-16-14-11(9-15-17-2)5-3-7-13(14)19-12-6-4-8-18-10-12/h3,5,7,12,15H,4,6,8-10H2,1-2H3. The maximum Gasteiger partial charge on any atom is 0.165 e. The Bertz CT molecular complexity index is 391. The van der Waals surface area contributed by atoms with E-state index in [4.69, 9.17) is 19.0 Å². The fourth-order valence-corrected chi connectivity index (χ4v) is 2.16. The fraction of sp³-hybridized carbons (Fsp3) is 0.571. The van der Waals surface area contributed by atoms with Gasteiger partial charge >= 0.3 is 0 Å². The molecule has 1 atom stereocenters. The van der Waals surface area contributed by atoms with Gasteiger partial charge in [-0.15, -0.1) is 0 Å². The minimum atomic E-state index is 0.105. The number of hydroxylamine groups is 1. The van der Waals surface area contributed by atoms with Crippen LogP contribution in [0.1, 0.15) is 18.4 Å².